The van der Waals surface area contributed by atoms with Crippen LogP contribution in [-0.2, 0) is 0 Å². The number of benzene rings is 1. The fraction of sp³-hybridized carbons (Fsp3) is 0. The van der Waals surface area contributed by atoms with Gasteiger partial charge in [0.1, 0.15) is 0 Å². The molecule has 4 heteroatoms. The number of nitrogens with one attached hydrogen (secondary N) is 1. The molecule has 1 aliphatic rings. The van der Waals surface area contributed by atoms with Crippen LogP contribution in [0, 0.1) is 0 Å². The first-order chi connectivity index (χ1) is 5.25. The van der Waals surface area contributed by atoms with Gasteiger partial charge in [-0.15, -0.1) is 0 Å². The smallest absolute Gasteiger partial charge is 0.304 e. The van der Waals surface area contributed by atoms with Gasteiger partial charge in [0.2, 0.25) is 0 Å². The Hall–Kier alpha value is -1.03. The Morgan fingerprint density at radius 1 is 1.45 bits per heavy atom. The van der Waals surface area contributed by atoms with Crippen LogP contribution >= 0.6 is 15.9 Å². The van der Waals surface area contributed by atoms with Gasteiger partial charge in [-0.05, 0) is 18.2 Å². The van der Waals surface area contributed by atoms with E-state index in [1.165, 1.54) is 0 Å². The Morgan fingerprint density at radius 3 is 3.09 bits per heavy atom. The van der Waals surface area contributed by atoms with Crippen molar-refractivity contribution in [3.63, 3.8) is 0 Å². The summed E-state index contributed by atoms with van der Waals surface area (Å²) in [6.07, 6.45) is 0. The maximum Gasteiger partial charge on any atom is 0.346 e. The first-order valence-electron chi connectivity index (χ1n) is 3.08. The first-order valence-corrected chi connectivity index (χ1v) is 3.87. The van der Waals surface area contributed by atoms with Gasteiger partial charge in [0, 0.05) is 4.47 Å². The molecule has 55 valence electrons. The standard InChI is InChI=1S/C7H4BrN2O/c8-4-1-2-5-6(3-4)10-7(11)9-5/h1-3H,(H,10,11). The normalized spacial score (nSPS) is 13.7. The highest BCUT2D eigenvalue weighted by atomic mass is 79.9. The van der Waals surface area contributed by atoms with E-state index in [0.29, 0.717) is 5.69 Å². The lowest BCUT2D eigenvalue weighted by Crippen LogP contribution is -2.08. The first kappa shape index (κ1) is 6.67. The number of rotatable bonds is 0. The van der Waals surface area contributed by atoms with Gasteiger partial charge in [0.05, 0.1) is 11.4 Å². The molecule has 0 spiro atoms. The summed E-state index contributed by atoms with van der Waals surface area (Å²) in [6.45, 7) is 0. The highest BCUT2D eigenvalue weighted by Crippen LogP contribution is 2.29. The van der Waals surface area contributed by atoms with Gasteiger partial charge in [0.25, 0.3) is 0 Å². The van der Waals surface area contributed by atoms with Crippen molar-refractivity contribution in [3.05, 3.63) is 22.7 Å². The number of nitrogens with zero attached hydrogens (tertiary/aromatic N) is 1. The summed E-state index contributed by atoms with van der Waals surface area (Å²) in [5.41, 5.74) is 1.47. The van der Waals surface area contributed by atoms with Crippen LogP contribution in [0.25, 0.3) is 0 Å². The van der Waals surface area contributed by atoms with Gasteiger partial charge in [-0.3, -0.25) is 0 Å². The van der Waals surface area contributed by atoms with Crippen LogP contribution in [0.4, 0.5) is 16.2 Å². The van der Waals surface area contributed by atoms with Crippen molar-refractivity contribution in [3.8, 4) is 0 Å². The van der Waals surface area contributed by atoms with Crippen molar-refractivity contribution in [2.45, 2.75) is 0 Å². The van der Waals surface area contributed by atoms with E-state index < -0.39 is 0 Å². The summed E-state index contributed by atoms with van der Waals surface area (Å²) in [7, 11) is 0. The average Bonchev–Trinajstić information content (AvgIpc) is 2.27. The lowest BCUT2D eigenvalue weighted by molar-refractivity contribution is 0.256. The minimum atomic E-state index is -0.293. The number of carbonyl (C=O) groups is 1. The summed E-state index contributed by atoms with van der Waals surface area (Å²) in [5.74, 6) is 0. The maximum absolute atomic E-state index is 10.7. The molecule has 1 aromatic rings. The zero-order valence-corrected chi connectivity index (χ0v) is 7.05. The van der Waals surface area contributed by atoms with Crippen LogP contribution in [0.1, 0.15) is 0 Å². The number of hydrogen-bond acceptors (Lipinski definition) is 1. The zero-order valence-electron chi connectivity index (χ0n) is 5.47. The Morgan fingerprint density at radius 2 is 2.27 bits per heavy atom. The average molecular weight is 212 g/mol. The predicted octanol–water partition coefficient (Wildman–Crippen LogP) is 2.23. The van der Waals surface area contributed by atoms with E-state index in [4.69, 9.17) is 0 Å². The molecule has 0 fully saturated rings. The van der Waals surface area contributed by atoms with Crippen LogP contribution < -0.4 is 10.6 Å². The number of amides is 2. The van der Waals surface area contributed by atoms with Gasteiger partial charge in [-0.2, -0.15) is 5.32 Å². The van der Waals surface area contributed by atoms with Gasteiger partial charge in [-0.25, -0.2) is 4.79 Å². The summed E-state index contributed by atoms with van der Waals surface area (Å²) in [5, 5.41) is 6.32. The third-order valence-corrected chi connectivity index (χ3v) is 1.92. The predicted molar refractivity (Wildman–Crippen MR) is 45.0 cm³/mol. The zero-order chi connectivity index (χ0) is 7.84. The van der Waals surface area contributed by atoms with Gasteiger partial charge < -0.3 is 5.32 Å². The Balaban J connectivity index is 2.51. The van der Waals surface area contributed by atoms with Crippen molar-refractivity contribution >= 4 is 33.3 Å². The molecule has 1 radical (unpaired) electrons. The molecule has 3 nitrogen and oxygen atoms in total. The molecule has 0 saturated heterocycles. The van der Waals surface area contributed by atoms with Crippen LogP contribution in [0.3, 0.4) is 0 Å². The topological polar surface area (TPSA) is 43.2 Å². The summed E-state index contributed by atoms with van der Waals surface area (Å²) in [4.78, 5) is 10.7. The highest BCUT2D eigenvalue weighted by Gasteiger charge is 2.17. The number of anilines is 1. The molecule has 0 aromatic heterocycles. The Kier molecular flexibility index (Phi) is 1.35. The summed E-state index contributed by atoms with van der Waals surface area (Å²) >= 11 is 3.29. The molecule has 0 atom stereocenters. The molecule has 2 amide bonds. The third-order valence-electron chi connectivity index (χ3n) is 1.42. The molecule has 11 heavy (non-hydrogen) atoms. The lowest BCUT2D eigenvalue weighted by Gasteiger charge is -1.94. The molecule has 0 unspecified atom stereocenters. The van der Waals surface area contributed by atoms with E-state index in [1.807, 2.05) is 12.1 Å². The minimum Gasteiger partial charge on any atom is -0.304 e. The Labute approximate surface area is 71.9 Å². The number of hydrogen-bond donors (Lipinski definition) is 1. The van der Waals surface area contributed by atoms with Crippen molar-refractivity contribution in [1.29, 1.82) is 0 Å². The fourth-order valence-electron chi connectivity index (χ4n) is 0.958. The fourth-order valence-corrected chi connectivity index (χ4v) is 1.32. The largest absolute Gasteiger partial charge is 0.346 e. The van der Waals surface area contributed by atoms with Crippen molar-refractivity contribution in [2.75, 3.05) is 5.32 Å². The van der Waals surface area contributed by atoms with Crippen molar-refractivity contribution in [1.82, 2.24) is 5.32 Å². The van der Waals surface area contributed by atoms with Crippen LogP contribution in [0.5, 0.6) is 0 Å². The number of carbonyl (C=O) groups excluding carboxylic acids is 1. The van der Waals surface area contributed by atoms with E-state index in [2.05, 4.69) is 26.6 Å². The van der Waals surface area contributed by atoms with Crippen LogP contribution in [-0.4, -0.2) is 6.03 Å². The van der Waals surface area contributed by atoms with E-state index in [-0.39, 0.29) is 6.03 Å². The van der Waals surface area contributed by atoms with Crippen molar-refractivity contribution in [2.24, 2.45) is 0 Å². The van der Waals surface area contributed by atoms with E-state index in [0.717, 1.165) is 10.2 Å². The number of fused-ring (bicyclic) bond motifs is 1. The molecule has 2 rings (SSSR count). The van der Waals surface area contributed by atoms with Crippen molar-refractivity contribution < 1.29 is 4.79 Å². The second-order valence-electron chi connectivity index (χ2n) is 2.20. The molecule has 0 aliphatic carbocycles. The third kappa shape index (κ3) is 1.09. The quantitative estimate of drug-likeness (QED) is 0.703. The molecular formula is C7H4BrN2O. The molecule has 0 bridgehead atoms. The molecule has 1 aliphatic heterocycles. The summed E-state index contributed by atoms with van der Waals surface area (Å²) in [6, 6.07) is 5.17. The van der Waals surface area contributed by atoms with Gasteiger partial charge in [0.15, 0.2) is 0 Å². The van der Waals surface area contributed by atoms with E-state index >= 15 is 0 Å². The van der Waals surface area contributed by atoms with Gasteiger partial charge >= 0.3 is 6.03 Å². The van der Waals surface area contributed by atoms with E-state index in [1.54, 1.807) is 6.07 Å². The molecular weight excluding hydrogens is 208 g/mol. The lowest BCUT2D eigenvalue weighted by atomic mass is 10.3. The molecule has 1 heterocycles. The minimum absolute atomic E-state index is 0.293. The van der Waals surface area contributed by atoms with Crippen LogP contribution in [0.2, 0.25) is 0 Å². The molecule has 0 saturated carbocycles. The number of halogens is 1. The second kappa shape index (κ2) is 2.23. The summed E-state index contributed by atoms with van der Waals surface area (Å²) < 4.78 is 0.939. The molecule has 1 N–H and O–H groups in total. The highest BCUT2D eigenvalue weighted by molar-refractivity contribution is 9.10. The second-order valence-corrected chi connectivity index (χ2v) is 3.12. The monoisotopic (exact) mass is 211 g/mol. The van der Waals surface area contributed by atoms with Gasteiger partial charge in [-0.1, -0.05) is 15.9 Å². The van der Waals surface area contributed by atoms with E-state index in [9.17, 15) is 4.79 Å². The maximum atomic E-state index is 10.7. The number of urea groups is 1. The molecule has 1 aromatic carbocycles. The SMILES string of the molecule is O=C1[N]c2ccc(Br)cc2N1. The van der Waals surface area contributed by atoms with Crippen LogP contribution in [0.15, 0.2) is 22.7 Å². The Bertz CT molecular complexity index is 324.